The third-order valence-corrected chi connectivity index (χ3v) is 3.82. The number of anilines is 2. The second kappa shape index (κ2) is 7.18. The van der Waals surface area contributed by atoms with Crippen LogP contribution in [0, 0.1) is 10.1 Å². The van der Waals surface area contributed by atoms with E-state index in [0.717, 1.165) is 23.1 Å². The van der Waals surface area contributed by atoms with Gasteiger partial charge in [-0.05, 0) is 18.1 Å². The predicted octanol–water partition coefficient (Wildman–Crippen LogP) is 2.89. The van der Waals surface area contributed by atoms with E-state index in [-0.39, 0.29) is 23.4 Å². The highest BCUT2D eigenvalue weighted by Gasteiger charge is 2.16. The zero-order valence-corrected chi connectivity index (χ0v) is 14.5. The van der Waals surface area contributed by atoms with Crippen molar-refractivity contribution < 1.29 is 4.92 Å². The van der Waals surface area contributed by atoms with Crippen LogP contribution in [0.2, 0.25) is 0 Å². The number of nitrogen functional groups attached to an aromatic ring is 1. The monoisotopic (exact) mass is 353 g/mol. The average Bonchev–Trinajstić information content (AvgIpc) is 3.05. The normalized spacial score (nSPS) is 10.9. The summed E-state index contributed by atoms with van der Waals surface area (Å²) in [6.07, 6.45) is 3.05. The van der Waals surface area contributed by atoms with Gasteiger partial charge >= 0.3 is 5.69 Å². The number of aromatic nitrogens is 4. The van der Waals surface area contributed by atoms with Crippen LogP contribution < -0.4 is 11.1 Å². The predicted molar refractivity (Wildman–Crippen MR) is 98.1 cm³/mol. The van der Waals surface area contributed by atoms with Crippen LogP contribution in [0.15, 0.2) is 42.7 Å². The number of nitro groups is 1. The Morgan fingerprint density at radius 1 is 1.31 bits per heavy atom. The fourth-order valence-electron chi connectivity index (χ4n) is 2.55. The van der Waals surface area contributed by atoms with Gasteiger partial charge in [0.1, 0.15) is 6.20 Å². The fourth-order valence-corrected chi connectivity index (χ4v) is 2.55. The first-order valence-corrected chi connectivity index (χ1v) is 8.10. The molecule has 0 fully saturated rings. The lowest BCUT2D eigenvalue weighted by Gasteiger charge is -2.07. The molecule has 9 nitrogen and oxygen atoms in total. The maximum atomic E-state index is 10.8. The molecule has 26 heavy (non-hydrogen) atoms. The molecule has 0 saturated heterocycles. The van der Waals surface area contributed by atoms with Gasteiger partial charge in [-0.15, -0.1) is 0 Å². The van der Waals surface area contributed by atoms with Crippen molar-refractivity contribution in [2.24, 2.45) is 0 Å². The summed E-state index contributed by atoms with van der Waals surface area (Å²) >= 11 is 0. The van der Waals surface area contributed by atoms with Crippen LogP contribution in [0.3, 0.4) is 0 Å². The van der Waals surface area contributed by atoms with E-state index in [1.54, 1.807) is 0 Å². The minimum atomic E-state index is -0.611. The van der Waals surface area contributed by atoms with E-state index < -0.39 is 4.92 Å². The summed E-state index contributed by atoms with van der Waals surface area (Å²) < 4.78 is 1.83. The molecule has 0 spiro atoms. The zero-order valence-electron chi connectivity index (χ0n) is 14.5. The van der Waals surface area contributed by atoms with E-state index >= 15 is 0 Å². The molecule has 0 amide bonds. The Labute approximate surface area is 150 Å². The maximum Gasteiger partial charge on any atom is 0.329 e. The van der Waals surface area contributed by atoms with Gasteiger partial charge in [-0.3, -0.25) is 10.1 Å². The van der Waals surface area contributed by atoms with Gasteiger partial charge in [0.2, 0.25) is 11.8 Å². The third kappa shape index (κ3) is 3.61. The van der Waals surface area contributed by atoms with Crippen LogP contribution >= 0.6 is 0 Å². The van der Waals surface area contributed by atoms with Crippen LogP contribution in [0.5, 0.6) is 0 Å². The highest BCUT2D eigenvalue weighted by Crippen LogP contribution is 2.22. The highest BCUT2D eigenvalue weighted by atomic mass is 16.6. The molecule has 2 heterocycles. The van der Waals surface area contributed by atoms with Gasteiger partial charge in [0, 0.05) is 18.3 Å². The van der Waals surface area contributed by atoms with Gasteiger partial charge in [0.25, 0.3) is 0 Å². The topological polar surface area (TPSA) is 125 Å². The largest absolute Gasteiger partial charge is 0.378 e. The lowest BCUT2D eigenvalue weighted by atomic mass is 10.1. The smallest absolute Gasteiger partial charge is 0.329 e. The van der Waals surface area contributed by atoms with Crippen LogP contribution in [0.4, 0.5) is 17.5 Å². The van der Waals surface area contributed by atoms with Crippen molar-refractivity contribution in [3.8, 4) is 5.69 Å². The van der Waals surface area contributed by atoms with Gasteiger partial charge in [-0.25, -0.2) is 9.67 Å². The number of hydrogen-bond acceptors (Lipinski definition) is 7. The summed E-state index contributed by atoms with van der Waals surface area (Å²) in [5, 5.41) is 18.5. The molecule has 0 unspecified atom stereocenters. The Bertz CT molecular complexity index is 922. The summed E-state index contributed by atoms with van der Waals surface area (Å²) in [5.41, 5.74) is 8.20. The molecule has 3 rings (SSSR count). The summed E-state index contributed by atoms with van der Waals surface area (Å²) in [4.78, 5) is 18.1. The average molecular weight is 353 g/mol. The molecule has 0 bridgehead atoms. The molecule has 3 N–H and O–H groups in total. The first-order valence-electron chi connectivity index (χ1n) is 8.10. The summed E-state index contributed by atoms with van der Waals surface area (Å²) in [5.74, 6) is 0.298. The molecule has 0 aliphatic heterocycles. The lowest BCUT2D eigenvalue weighted by molar-refractivity contribution is -0.384. The molecular weight excluding hydrogens is 334 g/mol. The fraction of sp³-hybridized carbons (Fsp3) is 0.235. The number of nitrogens with one attached hydrogen (secondary N) is 1. The highest BCUT2D eigenvalue weighted by molar-refractivity contribution is 5.53. The van der Waals surface area contributed by atoms with Gasteiger partial charge in [0.15, 0.2) is 0 Å². The molecule has 134 valence electrons. The van der Waals surface area contributed by atoms with E-state index in [4.69, 9.17) is 5.73 Å². The Morgan fingerprint density at radius 3 is 2.65 bits per heavy atom. The minimum Gasteiger partial charge on any atom is -0.378 e. The number of hydrogen-bond donors (Lipinski definition) is 2. The Balaban J connectivity index is 1.82. The summed E-state index contributed by atoms with van der Waals surface area (Å²) in [6, 6.07) is 9.83. The number of nitrogens with two attached hydrogens (primary N) is 1. The van der Waals surface area contributed by atoms with E-state index in [1.807, 2.05) is 41.2 Å². The van der Waals surface area contributed by atoms with Crippen molar-refractivity contribution in [1.82, 2.24) is 19.7 Å². The second-order valence-corrected chi connectivity index (χ2v) is 6.05. The standard InChI is InChI=1S/C17H19N7O2/c1-11(2)15-12(10-23(22-15)13-6-4-3-5-7-13)8-19-17-20-9-14(24(25)26)16(18)21-17/h3-7,9-11H,8H2,1-2H3,(H3,18,19,20,21). The number of rotatable bonds is 6. The van der Waals surface area contributed by atoms with Gasteiger partial charge < -0.3 is 11.1 Å². The SMILES string of the molecule is CC(C)c1nn(-c2ccccc2)cc1CNc1ncc([N+](=O)[O-])c(N)n1. The van der Waals surface area contributed by atoms with Gasteiger partial charge in [-0.2, -0.15) is 10.1 Å². The van der Waals surface area contributed by atoms with Crippen molar-refractivity contribution >= 4 is 17.5 Å². The Morgan fingerprint density at radius 2 is 2.04 bits per heavy atom. The molecule has 0 aliphatic carbocycles. The first-order chi connectivity index (χ1) is 12.5. The quantitative estimate of drug-likeness (QED) is 0.515. The lowest BCUT2D eigenvalue weighted by Crippen LogP contribution is -2.08. The van der Waals surface area contributed by atoms with E-state index in [1.165, 1.54) is 0 Å². The van der Waals surface area contributed by atoms with E-state index in [2.05, 4.69) is 34.2 Å². The van der Waals surface area contributed by atoms with Crippen molar-refractivity contribution in [2.45, 2.75) is 26.3 Å². The number of para-hydroxylation sites is 1. The molecule has 0 aliphatic rings. The van der Waals surface area contributed by atoms with Crippen LogP contribution in [0.1, 0.15) is 31.0 Å². The molecular formula is C17H19N7O2. The van der Waals surface area contributed by atoms with Crippen molar-refractivity contribution in [3.63, 3.8) is 0 Å². The molecule has 0 radical (unpaired) electrons. The Kier molecular flexibility index (Phi) is 4.78. The Hall–Kier alpha value is -3.49. The first kappa shape index (κ1) is 17.3. The number of benzene rings is 1. The molecule has 1 aromatic carbocycles. The van der Waals surface area contributed by atoms with Crippen molar-refractivity contribution in [1.29, 1.82) is 0 Å². The van der Waals surface area contributed by atoms with Crippen molar-refractivity contribution in [3.05, 3.63) is 64.1 Å². The zero-order chi connectivity index (χ0) is 18.7. The van der Waals surface area contributed by atoms with E-state index in [9.17, 15) is 10.1 Å². The molecule has 9 heteroatoms. The van der Waals surface area contributed by atoms with Crippen molar-refractivity contribution in [2.75, 3.05) is 11.1 Å². The molecule has 2 aromatic heterocycles. The van der Waals surface area contributed by atoms with Gasteiger partial charge in [0.05, 0.1) is 16.3 Å². The van der Waals surface area contributed by atoms with Crippen LogP contribution in [0.25, 0.3) is 5.69 Å². The van der Waals surface area contributed by atoms with Gasteiger partial charge in [-0.1, -0.05) is 32.0 Å². The van der Waals surface area contributed by atoms with E-state index in [0.29, 0.717) is 6.54 Å². The molecule has 3 aromatic rings. The second-order valence-electron chi connectivity index (χ2n) is 6.05. The summed E-state index contributed by atoms with van der Waals surface area (Å²) in [6.45, 7) is 4.57. The maximum absolute atomic E-state index is 10.8. The van der Waals surface area contributed by atoms with Crippen LogP contribution in [-0.2, 0) is 6.54 Å². The third-order valence-electron chi connectivity index (χ3n) is 3.82. The summed E-state index contributed by atoms with van der Waals surface area (Å²) in [7, 11) is 0. The number of nitrogens with zero attached hydrogens (tertiary/aromatic N) is 5. The molecule has 0 atom stereocenters. The minimum absolute atomic E-state index is 0.170. The van der Waals surface area contributed by atoms with Crippen LogP contribution in [-0.4, -0.2) is 24.7 Å². The molecule has 0 saturated carbocycles.